The van der Waals surface area contributed by atoms with E-state index in [2.05, 4.69) is 11.6 Å². The molecule has 0 atom stereocenters. The van der Waals surface area contributed by atoms with Crippen LogP contribution in [0.4, 0.5) is 0 Å². The first-order chi connectivity index (χ1) is 4.68. The van der Waals surface area contributed by atoms with Crippen molar-refractivity contribution in [2.75, 3.05) is 0 Å². The molecule has 0 radical (unpaired) electrons. The molecule has 3 nitrogen and oxygen atoms in total. The van der Waals surface area contributed by atoms with Gasteiger partial charge in [0.25, 0.3) is 0 Å². The van der Waals surface area contributed by atoms with E-state index in [1.807, 2.05) is 0 Å². The van der Waals surface area contributed by atoms with Crippen molar-refractivity contribution in [2.24, 2.45) is 4.99 Å². The van der Waals surface area contributed by atoms with Gasteiger partial charge in [0.1, 0.15) is 0 Å². The molecule has 0 heterocycles. The lowest BCUT2D eigenvalue weighted by atomic mass is 10.3. The highest BCUT2D eigenvalue weighted by Gasteiger charge is 1.95. The van der Waals surface area contributed by atoms with Gasteiger partial charge in [0.05, 0.1) is 5.57 Å². The molecule has 0 aliphatic heterocycles. The summed E-state index contributed by atoms with van der Waals surface area (Å²) in [5, 5.41) is 8.31. The van der Waals surface area contributed by atoms with E-state index in [9.17, 15) is 4.79 Å². The highest BCUT2D eigenvalue weighted by atomic mass is 16.4. The quantitative estimate of drug-likeness (QED) is 0.472. The van der Waals surface area contributed by atoms with E-state index in [-0.39, 0.29) is 5.57 Å². The van der Waals surface area contributed by atoms with Crippen LogP contribution in [0.15, 0.2) is 29.4 Å². The van der Waals surface area contributed by atoms with Crippen molar-refractivity contribution < 1.29 is 9.90 Å². The third kappa shape index (κ3) is 3.60. The number of nitrogens with zero attached hydrogens (tertiary/aromatic N) is 1. The number of hydrogen-bond acceptors (Lipinski definition) is 2. The SMILES string of the molecule is C=C/C=N\C=C(/C)C(=O)O. The summed E-state index contributed by atoms with van der Waals surface area (Å²) in [5.41, 5.74) is 0.207. The summed E-state index contributed by atoms with van der Waals surface area (Å²) in [4.78, 5) is 13.8. The summed E-state index contributed by atoms with van der Waals surface area (Å²) in [6.45, 7) is 4.85. The highest BCUT2D eigenvalue weighted by molar-refractivity contribution is 5.86. The molecule has 0 unspecified atom stereocenters. The zero-order chi connectivity index (χ0) is 7.98. The number of carboxylic acid groups (broad SMARTS) is 1. The molecular formula is C7H9NO2. The Balaban J connectivity index is 4.04. The van der Waals surface area contributed by atoms with Crippen LogP contribution in [-0.4, -0.2) is 17.3 Å². The van der Waals surface area contributed by atoms with Gasteiger partial charge in [-0.1, -0.05) is 12.7 Å². The van der Waals surface area contributed by atoms with Gasteiger partial charge in [0.2, 0.25) is 0 Å². The first-order valence-electron chi connectivity index (χ1n) is 2.72. The summed E-state index contributed by atoms with van der Waals surface area (Å²) in [6, 6.07) is 0. The fourth-order valence-corrected chi connectivity index (χ4v) is 0.271. The van der Waals surface area contributed by atoms with Crippen LogP contribution in [-0.2, 0) is 4.79 Å². The molecule has 10 heavy (non-hydrogen) atoms. The minimum Gasteiger partial charge on any atom is -0.478 e. The Kier molecular flexibility index (Phi) is 3.87. The minimum absolute atomic E-state index is 0.207. The van der Waals surface area contributed by atoms with Crippen molar-refractivity contribution in [3.8, 4) is 0 Å². The number of allylic oxidation sites excluding steroid dienone is 1. The van der Waals surface area contributed by atoms with Crippen LogP contribution in [0, 0.1) is 0 Å². The van der Waals surface area contributed by atoms with Crippen molar-refractivity contribution in [3.63, 3.8) is 0 Å². The molecule has 3 heteroatoms. The molecule has 0 saturated carbocycles. The lowest BCUT2D eigenvalue weighted by Gasteiger charge is -1.85. The Bertz CT molecular complexity index is 192. The number of hydrogen-bond donors (Lipinski definition) is 1. The summed E-state index contributed by atoms with van der Waals surface area (Å²) in [6.07, 6.45) is 4.17. The Labute approximate surface area is 59.4 Å². The molecule has 0 saturated heterocycles. The van der Waals surface area contributed by atoms with Gasteiger partial charge in [0, 0.05) is 12.4 Å². The predicted octanol–water partition coefficient (Wildman–Crippen LogP) is 1.23. The maximum absolute atomic E-state index is 10.1. The van der Waals surface area contributed by atoms with Crippen LogP contribution in [0.25, 0.3) is 0 Å². The molecule has 0 bridgehead atoms. The second kappa shape index (κ2) is 4.49. The minimum atomic E-state index is -0.957. The molecular weight excluding hydrogens is 130 g/mol. The van der Waals surface area contributed by atoms with Gasteiger partial charge in [-0.05, 0) is 6.92 Å². The molecule has 0 aromatic carbocycles. The first kappa shape index (κ1) is 8.62. The Morgan fingerprint density at radius 1 is 1.70 bits per heavy atom. The van der Waals surface area contributed by atoms with Crippen LogP contribution in [0.5, 0.6) is 0 Å². The van der Waals surface area contributed by atoms with Gasteiger partial charge < -0.3 is 5.11 Å². The van der Waals surface area contributed by atoms with Crippen LogP contribution < -0.4 is 0 Å². The average molecular weight is 139 g/mol. The van der Waals surface area contributed by atoms with Gasteiger partial charge >= 0.3 is 5.97 Å². The van der Waals surface area contributed by atoms with Gasteiger partial charge in [-0.3, -0.25) is 4.99 Å². The van der Waals surface area contributed by atoms with E-state index in [4.69, 9.17) is 5.11 Å². The molecule has 0 aliphatic rings. The monoisotopic (exact) mass is 139 g/mol. The molecule has 0 rings (SSSR count). The van der Waals surface area contributed by atoms with Crippen LogP contribution in [0.2, 0.25) is 0 Å². The topological polar surface area (TPSA) is 49.7 Å². The lowest BCUT2D eigenvalue weighted by molar-refractivity contribution is -0.132. The molecule has 0 aliphatic carbocycles. The summed E-state index contributed by atoms with van der Waals surface area (Å²) >= 11 is 0. The Morgan fingerprint density at radius 2 is 2.30 bits per heavy atom. The van der Waals surface area contributed by atoms with E-state index in [1.165, 1.54) is 25.4 Å². The number of carboxylic acids is 1. The van der Waals surface area contributed by atoms with Crippen molar-refractivity contribution in [3.05, 3.63) is 24.4 Å². The number of aliphatic imine (C=N–C) groups is 1. The number of carbonyl (C=O) groups is 1. The first-order valence-corrected chi connectivity index (χ1v) is 2.72. The van der Waals surface area contributed by atoms with E-state index in [0.29, 0.717) is 0 Å². The van der Waals surface area contributed by atoms with E-state index in [1.54, 1.807) is 0 Å². The zero-order valence-corrected chi connectivity index (χ0v) is 5.74. The zero-order valence-electron chi connectivity index (χ0n) is 5.74. The van der Waals surface area contributed by atoms with Crippen molar-refractivity contribution in [2.45, 2.75) is 6.92 Å². The number of rotatable bonds is 3. The van der Waals surface area contributed by atoms with Crippen molar-refractivity contribution in [1.82, 2.24) is 0 Å². The number of aliphatic carboxylic acids is 1. The molecule has 0 aromatic heterocycles. The van der Waals surface area contributed by atoms with E-state index >= 15 is 0 Å². The largest absolute Gasteiger partial charge is 0.478 e. The van der Waals surface area contributed by atoms with Crippen molar-refractivity contribution in [1.29, 1.82) is 0 Å². The molecule has 0 fully saturated rings. The average Bonchev–Trinajstić information content (AvgIpc) is 1.88. The predicted molar refractivity (Wildman–Crippen MR) is 40.1 cm³/mol. The van der Waals surface area contributed by atoms with Crippen LogP contribution in [0.1, 0.15) is 6.92 Å². The normalized spacial score (nSPS) is 11.9. The molecule has 0 amide bonds. The highest BCUT2D eigenvalue weighted by Crippen LogP contribution is 1.90. The Hall–Kier alpha value is -1.38. The second-order valence-electron chi connectivity index (χ2n) is 1.65. The van der Waals surface area contributed by atoms with E-state index < -0.39 is 5.97 Å². The summed E-state index contributed by atoms with van der Waals surface area (Å²) in [7, 11) is 0. The van der Waals surface area contributed by atoms with Crippen LogP contribution in [0.3, 0.4) is 0 Å². The van der Waals surface area contributed by atoms with Crippen LogP contribution >= 0.6 is 0 Å². The maximum Gasteiger partial charge on any atom is 0.332 e. The van der Waals surface area contributed by atoms with Crippen molar-refractivity contribution >= 4 is 12.2 Å². The summed E-state index contributed by atoms with van der Waals surface area (Å²) < 4.78 is 0. The second-order valence-corrected chi connectivity index (χ2v) is 1.65. The fourth-order valence-electron chi connectivity index (χ4n) is 0.271. The molecule has 0 spiro atoms. The third-order valence-electron chi connectivity index (χ3n) is 0.797. The summed E-state index contributed by atoms with van der Waals surface area (Å²) in [5.74, 6) is -0.957. The third-order valence-corrected chi connectivity index (χ3v) is 0.797. The molecule has 1 N–H and O–H groups in total. The molecule has 0 aromatic rings. The standard InChI is InChI=1S/C7H9NO2/c1-3-4-8-5-6(2)7(9)10/h3-5H,1H2,2H3,(H,9,10)/b6-5+,8-4-. The smallest absolute Gasteiger partial charge is 0.332 e. The molecule has 54 valence electrons. The van der Waals surface area contributed by atoms with E-state index in [0.717, 1.165) is 0 Å². The fraction of sp³-hybridized carbons (Fsp3) is 0.143. The van der Waals surface area contributed by atoms with Gasteiger partial charge in [-0.25, -0.2) is 4.79 Å². The van der Waals surface area contributed by atoms with Gasteiger partial charge in [0.15, 0.2) is 0 Å². The maximum atomic E-state index is 10.1. The van der Waals surface area contributed by atoms with Gasteiger partial charge in [-0.15, -0.1) is 0 Å². The van der Waals surface area contributed by atoms with Gasteiger partial charge in [-0.2, -0.15) is 0 Å². The lowest BCUT2D eigenvalue weighted by Crippen LogP contribution is -1.94. The Morgan fingerprint density at radius 3 is 2.70 bits per heavy atom.